The molecule has 3 heteroatoms. The molecule has 1 fully saturated rings. The van der Waals surface area contributed by atoms with Gasteiger partial charge in [0.25, 0.3) is 0 Å². The zero-order valence-electron chi connectivity index (χ0n) is 16.0. The van der Waals surface area contributed by atoms with Crippen molar-refractivity contribution in [2.24, 2.45) is 0 Å². The van der Waals surface area contributed by atoms with Gasteiger partial charge in [-0.2, -0.15) is 0 Å². The predicted molar refractivity (Wildman–Crippen MR) is 99.1 cm³/mol. The van der Waals surface area contributed by atoms with Crippen molar-refractivity contribution in [2.75, 3.05) is 13.2 Å². The maximum absolute atomic E-state index is 12.3. The molecule has 2 atom stereocenters. The van der Waals surface area contributed by atoms with E-state index in [0.29, 0.717) is 6.04 Å². The summed E-state index contributed by atoms with van der Waals surface area (Å²) >= 11 is 0. The topological polar surface area (TPSA) is 29.5 Å². The molecule has 1 aliphatic heterocycles. The van der Waals surface area contributed by atoms with Gasteiger partial charge in [-0.15, -0.1) is 0 Å². The molecule has 0 bridgehead atoms. The van der Waals surface area contributed by atoms with E-state index in [-0.39, 0.29) is 16.9 Å². The van der Waals surface area contributed by atoms with Crippen LogP contribution >= 0.6 is 0 Å². The van der Waals surface area contributed by atoms with E-state index in [0.717, 1.165) is 38.8 Å². The summed E-state index contributed by atoms with van der Waals surface area (Å²) < 4.78 is 5.82. The van der Waals surface area contributed by atoms with Crippen LogP contribution in [0.25, 0.3) is 0 Å². The van der Waals surface area contributed by atoms with E-state index in [2.05, 4.69) is 62.9 Å². The van der Waals surface area contributed by atoms with E-state index in [9.17, 15) is 4.79 Å². The van der Waals surface area contributed by atoms with Gasteiger partial charge in [-0.3, -0.25) is 4.79 Å². The van der Waals surface area contributed by atoms with Crippen molar-refractivity contribution in [3.63, 3.8) is 0 Å². The third-order valence-corrected chi connectivity index (χ3v) is 5.67. The van der Waals surface area contributed by atoms with Crippen molar-refractivity contribution in [3.05, 3.63) is 35.9 Å². The maximum Gasteiger partial charge on any atom is 0.219 e. The molecule has 0 radical (unpaired) electrons. The normalized spacial score (nSPS) is 22.6. The summed E-state index contributed by atoms with van der Waals surface area (Å²) in [7, 11) is 0. The molecule has 0 saturated carbocycles. The lowest BCUT2D eigenvalue weighted by atomic mass is 9.77. The minimum atomic E-state index is -0.135. The summed E-state index contributed by atoms with van der Waals surface area (Å²) in [5.41, 5.74) is 1.34. The Balaban J connectivity index is 2.09. The van der Waals surface area contributed by atoms with Gasteiger partial charge in [0, 0.05) is 26.1 Å². The number of nitrogens with zero attached hydrogens (tertiary/aromatic N) is 1. The second-order valence-electron chi connectivity index (χ2n) is 8.00. The molecule has 0 unspecified atom stereocenters. The second-order valence-corrected chi connectivity index (χ2v) is 8.00. The highest BCUT2D eigenvalue weighted by atomic mass is 16.5. The van der Waals surface area contributed by atoms with E-state index in [1.807, 2.05) is 0 Å². The lowest BCUT2D eigenvalue weighted by molar-refractivity contribution is -0.138. The van der Waals surface area contributed by atoms with Crippen molar-refractivity contribution < 1.29 is 9.53 Å². The van der Waals surface area contributed by atoms with Gasteiger partial charge >= 0.3 is 0 Å². The molecule has 0 spiro atoms. The predicted octanol–water partition coefficient (Wildman–Crippen LogP) is 4.55. The average molecular weight is 332 g/mol. The fraction of sp³-hybridized carbons (Fsp3) is 0.667. The van der Waals surface area contributed by atoms with Crippen molar-refractivity contribution in [2.45, 2.75) is 77.4 Å². The highest BCUT2D eigenvalue weighted by Gasteiger charge is 2.34. The molecule has 0 aliphatic carbocycles. The highest BCUT2D eigenvalue weighted by Crippen LogP contribution is 2.33. The van der Waals surface area contributed by atoms with E-state index < -0.39 is 0 Å². The van der Waals surface area contributed by atoms with Crippen LogP contribution in [0.4, 0.5) is 0 Å². The summed E-state index contributed by atoms with van der Waals surface area (Å²) in [6.07, 6.45) is 3.92. The van der Waals surface area contributed by atoms with Gasteiger partial charge in [-0.1, -0.05) is 44.2 Å². The largest absolute Gasteiger partial charge is 0.375 e. The first kappa shape index (κ1) is 19.0. The zero-order chi connectivity index (χ0) is 17.8. The van der Waals surface area contributed by atoms with Crippen LogP contribution in [0.15, 0.2) is 30.3 Å². The van der Waals surface area contributed by atoms with Crippen LogP contribution < -0.4 is 0 Å². The number of amides is 1. The molecule has 1 amide bonds. The molecule has 1 heterocycles. The van der Waals surface area contributed by atoms with Crippen LogP contribution in [-0.4, -0.2) is 35.6 Å². The first-order chi connectivity index (χ1) is 11.3. The molecular weight excluding hydrogens is 298 g/mol. The van der Waals surface area contributed by atoms with Crippen LogP contribution in [0.5, 0.6) is 0 Å². The summed E-state index contributed by atoms with van der Waals surface area (Å²) in [5.74, 6) is 0.184. The monoisotopic (exact) mass is 331 g/mol. The molecule has 1 aromatic carbocycles. The summed E-state index contributed by atoms with van der Waals surface area (Å²) in [4.78, 5) is 14.4. The Kier molecular flexibility index (Phi) is 6.08. The zero-order valence-corrected chi connectivity index (χ0v) is 16.0. The standard InChI is InChI=1S/C21H33NO2/c1-6-21(5,18-10-8-7-9-11-18)13-14-22(17(2)23)19-12-15-24-20(3,4)16-19/h7-11,19H,6,12-16H2,1-5H3/t19-,21-/m1/s1. The molecule has 134 valence electrons. The molecule has 2 rings (SSSR count). The van der Waals surface area contributed by atoms with E-state index in [1.54, 1.807) is 6.92 Å². The van der Waals surface area contributed by atoms with Crippen molar-refractivity contribution in [3.8, 4) is 0 Å². The maximum atomic E-state index is 12.3. The highest BCUT2D eigenvalue weighted by molar-refractivity contribution is 5.73. The van der Waals surface area contributed by atoms with Crippen LogP contribution in [0.3, 0.4) is 0 Å². The van der Waals surface area contributed by atoms with Gasteiger partial charge in [0.2, 0.25) is 5.91 Å². The van der Waals surface area contributed by atoms with Gasteiger partial charge in [0.05, 0.1) is 5.60 Å². The van der Waals surface area contributed by atoms with Gasteiger partial charge in [-0.05, 0) is 50.5 Å². The minimum Gasteiger partial charge on any atom is -0.375 e. The number of hydrogen-bond acceptors (Lipinski definition) is 2. The van der Waals surface area contributed by atoms with Crippen molar-refractivity contribution in [1.29, 1.82) is 0 Å². The Hall–Kier alpha value is -1.35. The molecule has 1 saturated heterocycles. The Morgan fingerprint density at radius 1 is 1.33 bits per heavy atom. The quantitative estimate of drug-likeness (QED) is 0.765. The lowest BCUT2D eigenvalue weighted by Crippen LogP contribution is -2.49. The Morgan fingerprint density at radius 2 is 2.00 bits per heavy atom. The van der Waals surface area contributed by atoms with E-state index >= 15 is 0 Å². The lowest BCUT2D eigenvalue weighted by Gasteiger charge is -2.42. The Bertz CT molecular complexity index is 540. The second kappa shape index (κ2) is 7.69. The molecule has 24 heavy (non-hydrogen) atoms. The van der Waals surface area contributed by atoms with Crippen LogP contribution in [-0.2, 0) is 14.9 Å². The van der Waals surface area contributed by atoms with Gasteiger partial charge < -0.3 is 9.64 Å². The van der Waals surface area contributed by atoms with E-state index in [4.69, 9.17) is 4.74 Å². The number of hydrogen-bond donors (Lipinski definition) is 0. The number of benzene rings is 1. The minimum absolute atomic E-state index is 0.107. The van der Waals surface area contributed by atoms with Gasteiger partial charge in [-0.25, -0.2) is 0 Å². The van der Waals surface area contributed by atoms with Crippen LogP contribution in [0.1, 0.15) is 65.9 Å². The Morgan fingerprint density at radius 3 is 2.54 bits per heavy atom. The average Bonchev–Trinajstić information content (AvgIpc) is 2.54. The first-order valence-electron chi connectivity index (χ1n) is 9.24. The van der Waals surface area contributed by atoms with Gasteiger partial charge in [0.15, 0.2) is 0 Å². The van der Waals surface area contributed by atoms with Gasteiger partial charge in [0.1, 0.15) is 0 Å². The van der Waals surface area contributed by atoms with Crippen molar-refractivity contribution in [1.82, 2.24) is 4.90 Å². The molecule has 0 aromatic heterocycles. The SMILES string of the molecule is CC[C@](C)(CCN(C(C)=O)[C@@H]1CCOC(C)(C)C1)c1ccccc1. The number of carbonyl (C=O) groups excluding carboxylic acids is 1. The first-order valence-corrected chi connectivity index (χ1v) is 9.24. The smallest absolute Gasteiger partial charge is 0.219 e. The molecule has 1 aromatic rings. The van der Waals surface area contributed by atoms with Crippen LogP contribution in [0.2, 0.25) is 0 Å². The fourth-order valence-corrected chi connectivity index (χ4v) is 3.80. The summed E-state index contributed by atoms with van der Waals surface area (Å²) in [6, 6.07) is 11.0. The Labute approximate surface area is 147 Å². The number of carbonyl (C=O) groups is 1. The van der Waals surface area contributed by atoms with Crippen LogP contribution in [0, 0.1) is 0 Å². The molecule has 0 N–H and O–H groups in total. The van der Waals surface area contributed by atoms with E-state index in [1.165, 1.54) is 5.56 Å². The van der Waals surface area contributed by atoms with Crippen molar-refractivity contribution >= 4 is 5.91 Å². The third kappa shape index (κ3) is 4.60. The molecule has 3 nitrogen and oxygen atoms in total. The molecular formula is C21H33NO2. The number of rotatable bonds is 6. The third-order valence-electron chi connectivity index (χ3n) is 5.67. The molecule has 1 aliphatic rings. The summed E-state index contributed by atoms with van der Waals surface area (Å²) in [6.45, 7) is 12.1. The fourth-order valence-electron chi connectivity index (χ4n) is 3.80. The summed E-state index contributed by atoms with van der Waals surface area (Å²) in [5, 5.41) is 0. The number of ether oxygens (including phenoxy) is 1.